The summed E-state index contributed by atoms with van der Waals surface area (Å²) in [7, 11) is 1.50. The number of rotatable bonds is 6. The van der Waals surface area contributed by atoms with E-state index in [0.717, 1.165) is 6.21 Å². The van der Waals surface area contributed by atoms with Crippen LogP contribution in [0.4, 0.5) is 10.2 Å². The van der Waals surface area contributed by atoms with E-state index in [0.29, 0.717) is 11.3 Å². The van der Waals surface area contributed by atoms with Crippen molar-refractivity contribution in [3.8, 4) is 22.8 Å². The van der Waals surface area contributed by atoms with E-state index in [2.05, 4.69) is 35.8 Å². The number of hydrogen-bond donors (Lipinski definition) is 2. The fourth-order valence-electron chi connectivity index (χ4n) is 2.79. The molecule has 2 aromatic heterocycles. The van der Waals surface area contributed by atoms with Crippen LogP contribution in [0.25, 0.3) is 17.1 Å². The van der Waals surface area contributed by atoms with E-state index in [1.807, 2.05) is 0 Å². The molecule has 13 heteroatoms. The molecule has 4 aromatic rings. The fourth-order valence-corrected chi connectivity index (χ4v) is 3.00. The summed E-state index contributed by atoms with van der Waals surface area (Å²) >= 11 is 5.96. The van der Waals surface area contributed by atoms with Gasteiger partial charge in [0.2, 0.25) is 11.6 Å². The summed E-state index contributed by atoms with van der Waals surface area (Å²) in [6.07, 6.45) is 1.09. The Morgan fingerprint density at radius 2 is 2.12 bits per heavy atom. The molecule has 2 heterocycles. The van der Waals surface area contributed by atoms with Gasteiger partial charge in [-0.2, -0.15) is 9.78 Å². The minimum atomic E-state index is -0.729. The minimum absolute atomic E-state index is 0.0209. The Morgan fingerprint density at radius 1 is 1.31 bits per heavy atom. The van der Waals surface area contributed by atoms with Gasteiger partial charge in [0.15, 0.2) is 5.69 Å². The molecule has 32 heavy (non-hydrogen) atoms. The zero-order chi connectivity index (χ0) is 22.7. The van der Waals surface area contributed by atoms with Crippen molar-refractivity contribution in [2.24, 2.45) is 5.10 Å². The van der Waals surface area contributed by atoms with Crippen molar-refractivity contribution >= 4 is 29.5 Å². The Kier molecular flexibility index (Phi) is 5.77. The minimum Gasteiger partial charge on any atom is -0.497 e. The van der Waals surface area contributed by atoms with Crippen LogP contribution < -0.4 is 15.9 Å². The third-order valence-electron chi connectivity index (χ3n) is 4.28. The van der Waals surface area contributed by atoms with Crippen molar-refractivity contribution in [3.05, 3.63) is 64.6 Å². The standard InChI is InChI=1S/C19H14ClFN8O3/c1-31-11-5-2-4-10(8-11)16-15(24-28-29(16)18-17(22)26-32-27-18)19(30)25-23-9-12-13(20)6-3-7-14(12)21/h2-9H,1H3,(H2,22,26)(H,25,30). The summed E-state index contributed by atoms with van der Waals surface area (Å²) in [5.74, 6) is -0.811. The van der Waals surface area contributed by atoms with Gasteiger partial charge in [0.1, 0.15) is 17.3 Å². The lowest BCUT2D eigenvalue weighted by molar-refractivity contribution is 0.0950. The quantitative estimate of drug-likeness (QED) is 0.332. The van der Waals surface area contributed by atoms with Crippen LogP contribution in [0.3, 0.4) is 0 Å². The van der Waals surface area contributed by atoms with E-state index in [4.69, 9.17) is 22.1 Å². The first-order chi connectivity index (χ1) is 15.5. The highest BCUT2D eigenvalue weighted by molar-refractivity contribution is 6.33. The molecule has 0 aliphatic carbocycles. The average Bonchev–Trinajstić information content (AvgIpc) is 3.41. The van der Waals surface area contributed by atoms with Crippen LogP contribution in [0.15, 0.2) is 52.2 Å². The molecule has 0 fully saturated rings. The lowest BCUT2D eigenvalue weighted by Crippen LogP contribution is -2.19. The van der Waals surface area contributed by atoms with Gasteiger partial charge in [0, 0.05) is 11.1 Å². The summed E-state index contributed by atoms with van der Waals surface area (Å²) in [5, 5.41) is 19.0. The molecule has 0 bridgehead atoms. The monoisotopic (exact) mass is 456 g/mol. The number of nitrogens with one attached hydrogen (secondary N) is 1. The summed E-state index contributed by atoms with van der Waals surface area (Å²) in [6, 6.07) is 11.0. The number of hydrogen-bond acceptors (Lipinski definition) is 9. The maximum atomic E-state index is 13.9. The molecule has 2 aromatic carbocycles. The van der Waals surface area contributed by atoms with Gasteiger partial charge >= 0.3 is 0 Å². The van der Waals surface area contributed by atoms with E-state index >= 15 is 0 Å². The highest BCUT2D eigenvalue weighted by Gasteiger charge is 2.25. The van der Waals surface area contributed by atoms with E-state index in [9.17, 15) is 9.18 Å². The van der Waals surface area contributed by atoms with Crippen LogP contribution in [0.5, 0.6) is 5.75 Å². The van der Waals surface area contributed by atoms with Crippen molar-refractivity contribution in [1.82, 2.24) is 30.7 Å². The van der Waals surface area contributed by atoms with Gasteiger partial charge in [-0.3, -0.25) is 4.79 Å². The third-order valence-corrected chi connectivity index (χ3v) is 4.61. The number of hydrazone groups is 1. The zero-order valence-electron chi connectivity index (χ0n) is 16.4. The second-order valence-corrected chi connectivity index (χ2v) is 6.65. The first-order valence-corrected chi connectivity index (χ1v) is 9.33. The number of carbonyl (C=O) groups is 1. The Bertz CT molecular complexity index is 1300. The molecule has 0 saturated carbocycles. The average molecular weight is 457 g/mol. The van der Waals surface area contributed by atoms with Crippen LogP contribution in [0.2, 0.25) is 5.02 Å². The van der Waals surface area contributed by atoms with E-state index < -0.39 is 11.7 Å². The summed E-state index contributed by atoms with van der Waals surface area (Å²) in [6.45, 7) is 0. The predicted molar refractivity (Wildman–Crippen MR) is 112 cm³/mol. The predicted octanol–water partition coefficient (Wildman–Crippen LogP) is 2.46. The molecule has 0 spiro atoms. The largest absolute Gasteiger partial charge is 0.497 e. The van der Waals surface area contributed by atoms with Gasteiger partial charge in [-0.15, -0.1) is 5.10 Å². The van der Waals surface area contributed by atoms with Gasteiger partial charge in [-0.05, 0) is 34.6 Å². The van der Waals surface area contributed by atoms with E-state index in [-0.39, 0.29) is 33.6 Å². The first-order valence-electron chi connectivity index (χ1n) is 8.95. The molecule has 0 radical (unpaired) electrons. The van der Waals surface area contributed by atoms with Crippen LogP contribution in [0.1, 0.15) is 16.1 Å². The van der Waals surface area contributed by atoms with Crippen LogP contribution in [-0.4, -0.2) is 44.5 Å². The number of carbonyl (C=O) groups excluding carboxylic acids is 1. The zero-order valence-corrected chi connectivity index (χ0v) is 17.1. The number of nitrogen functional groups attached to an aromatic ring is 1. The highest BCUT2D eigenvalue weighted by Crippen LogP contribution is 2.29. The SMILES string of the molecule is COc1cccc(-c2c(C(=O)NN=Cc3c(F)cccc3Cl)nnn2-c2nonc2N)c1. The Labute approximate surface area is 184 Å². The topological polar surface area (TPSA) is 146 Å². The highest BCUT2D eigenvalue weighted by atomic mass is 35.5. The number of nitrogens with two attached hydrogens (primary N) is 1. The molecule has 11 nitrogen and oxygen atoms in total. The summed E-state index contributed by atoms with van der Waals surface area (Å²) in [5.41, 5.74) is 8.71. The molecule has 0 saturated heterocycles. The Morgan fingerprint density at radius 3 is 2.84 bits per heavy atom. The number of anilines is 1. The second-order valence-electron chi connectivity index (χ2n) is 6.24. The number of nitrogens with zero attached hydrogens (tertiary/aromatic N) is 6. The number of methoxy groups -OCH3 is 1. The molecular weight excluding hydrogens is 443 g/mol. The number of ether oxygens (including phenoxy) is 1. The third kappa shape index (κ3) is 3.98. The lowest BCUT2D eigenvalue weighted by atomic mass is 10.1. The van der Waals surface area contributed by atoms with Gasteiger partial charge in [-0.1, -0.05) is 35.0 Å². The Balaban J connectivity index is 1.72. The number of halogens is 2. The van der Waals surface area contributed by atoms with Crippen molar-refractivity contribution in [1.29, 1.82) is 0 Å². The molecule has 162 valence electrons. The van der Waals surface area contributed by atoms with Crippen LogP contribution >= 0.6 is 11.6 Å². The van der Waals surface area contributed by atoms with Crippen molar-refractivity contribution in [3.63, 3.8) is 0 Å². The van der Waals surface area contributed by atoms with Gasteiger partial charge in [0.05, 0.1) is 18.3 Å². The molecule has 0 aliphatic rings. The first kappa shape index (κ1) is 20.9. The van der Waals surface area contributed by atoms with Crippen LogP contribution in [0, 0.1) is 5.82 Å². The number of amides is 1. The van der Waals surface area contributed by atoms with Gasteiger partial charge < -0.3 is 10.5 Å². The Hall–Kier alpha value is -4.32. The lowest BCUT2D eigenvalue weighted by Gasteiger charge is -2.07. The van der Waals surface area contributed by atoms with Crippen LogP contribution in [-0.2, 0) is 0 Å². The molecule has 0 aliphatic heterocycles. The molecule has 3 N–H and O–H groups in total. The van der Waals surface area contributed by atoms with Crippen molar-refractivity contribution in [2.75, 3.05) is 12.8 Å². The fraction of sp³-hybridized carbons (Fsp3) is 0.0526. The van der Waals surface area contributed by atoms with E-state index in [1.54, 1.807) is 24.3 Å². The van der Waals surface area contributed by atoms with Gasteiger partial charge in [0.25, 0.3) is 5.91 Å². The molecular formula is C19H14ClFN8O3. The maximum Gasteiger partial charge on any atom is 0.294 e. The smallest absolute Gasteiger partial charge is 0.294 e. The van der Waals surface area contributed by atoms with Crippen molar-refractivity contribution in [2.45, 2.75) is 0 Å². The second kappa shape index (κ2) is 8.81. The molecule has 1 amide bonds. The summed E-state index contributed by atoms with van der Waals surface area (Å²) in [4.78, 5) is 12.8. The normalized spacial score (nSPS) is 11.1. The molecule has 4 rings (SSSR count). The number of benzene rings is 2. The maximum absolute atomic E-state index is 13.9. The van der Waals surface area contributed by atoms with E-state index in [1.165, 1.54) is 30.0 Å². The van der Waals surface area contributed by atoms with Gasteiger partial charge in [-0.25, -0.2) is 14.4 Å². The summed E-state index contributed by atoms with van der Waals surface area (Å²) < 4.78 is 25.0. The molecule has 0 atom stereocenters. The molecule has 0 unspecified atom stereocenters. The van der Waals surface area contributed by atoms with Crippen molar-refractivity contribution < 1.29 is 18.6 Å². The number of aromatic nitrogens is 5.